The van der Waals surface area contributed by atoms with E-state index in [0.29, 0.717) is 19.4 Å². The highest BCUT2D eigenvalue weighted by Gasteiger charge is 2.19. The van der Waals surface area contributed by atoms with Gasteiger partial charge in [0.25, 0.3) is 0 Å². The van der Waals surface area contributed by atoms with Gasteiger partial charge in [0.05, 0.1) is 0 Å². The lowest BCUT2D eigenvalue weighted by atomic mass is 9.93. The number of carbonyl (C=O) groups excluding carboxylic acids is 1. The average Bonchev–Trinajstić information content (AvgIpc) is 2.28. The van der Waals surface area contributed by atoms with Crippen LogP contribution in [0.2, 0.25) is 0 Å². The first-order valence-electron chi connectivity index (χ1n) is 6.69. The van der Waals surface area contributed by atoms with Gasteiger partial charge in [0, 0.05) is 12.1 Å². The number of hydrogen-bond donors (Lipinski definition) is 1. The number of carbonyl (C=O) groups is 1. The fourth-order valence-corrected chi connectivity index (χ4v) is 1.84. The SMILES string of the molecule is C=CCC(CC=C)=C(C(=O)OCCN(C)C)C(C)C.Cl.N. The molecule has 0 unspecified atom stereocenters. The molecule has 0 heterocycles. The second kappa shape index (κ2) is 13.9. The fourth-order valence-electron chi connectivity index (χ4n) is 1.84. The van der Waals surface area contributed by atoms with Gasteiger partial charge in [0.1, 0.15) is 6.61 Å². The first-order valence-corrected chi connectivity index (χ1v) is 6.69. The maximum atomic E-state index is 12.2. The molecule has 0 spiro atoms. The number of esters is 1. The minimum absolute atomic E-state index is 0. The van der Waals surface area contributed by atoms with E-state index < -0.39 is 0 Å². The van der Waals surface area contributed by atoms with Crippen LogP contribution in [0.5, 0.6) is 0 Å². The van der Waals surface area contributed by atoms with E-state index in [2.05, 4.69) is 13.2 Å². The quantitative estimate of drug-likeness (QED) is 0.399. The van der Waals surface area contributed by atoms with E-state index in [0.717, 1.165) is 17.7 Å². The standard InChI is InChI=1S/C16H27NO2.ClH.H3N/c1-7-9-14(10-8-2)15(13(3)4)16(18)19-12-11-17(5)6;;/h7-8,13H,1-2,9-12H2,3-6H3;1H;1H3. The van der Waals surface area contributed by atoms with Crippen LogP contribution in [0.4, 0.5) is 0 Å². The predicted octanol–water partition coefficient (Wildman–Crippen LogP) is 3.78. The van der Waals surface area contributed by atoms with Gasteiger partial charge in [-0.15, -0.1) is 25.6 Å². The molecule has 0 aromatic rings. The molecule has 0 saturated carbocycles. The summed E-state index contributed by atoms with van der Waals surface area (Å²) in [4.78, 5) is 14.2. The van der Waals surface area contributed by atoms with E-state index in [1.807, 2.05) is 45.0 Å². The summed E-state index contributed by atoms with van der Waals surface area (Å²) in [5, 5.41) is 0. The van der Waals surface area contributed by atoms with Gasteiger partial charge < -0.3 is 15.8 Å². The third-order valence-electron chi connectivity index (χ3n) is 2.73. The highest BCUT2D eigenvalue weighted by atomic mass is 35.5. The summed E-state index contributed by atoms with van der Waals surface area (Å²) in [5.41, 5.74) is 1.81. The van der Waals surface area contributed by atoms with E-state index >= 15 is 0 Å². The molecule has 124 valence electrons. The Morgan fingerprint density at radius 1 is 1.19 bits per heavy atom. The van der Waals surface area contributed by atoms with Crippen LogP contribution in [-0.2, 0) is 9.53 Å². The zero-order chi connectivity index (χ0) is 14.8. The molecule has 0 bridgehead atoms. The van der Waals surface area contributed by atoms with Gasteiger partial charge >= 0.3 is 5.97 Å². The smallest absolute Gasteiger partial charge is 0.334 e. The minimum atomic E-state index is -0.212. The van der Waals surface area contributed by atoms with Crippen molar-refractivity contribution < 1.29 is 9.53 Å². The molecular weight excluding hydrogens is 288 g/mol. The Morgan fingerprint density at radius 2 is 1.67 bits per heavy atom. The molecule has 0 aliphatic rings. The molecular formula is C16H31ClN2O2. The molecule has 0 aliphatic heterocycles. The van der Waals surface area contributed by atoms with Crippen molar-refractivity contribution in [3.63, 3.8) is 0 Å². The van der Waals surface area contributed by atoms with Gasteiger partial charge in [-0.1, -0.05) is 31.6 Å². The molecule has 0 saturated heterocycles. The summed E-state index contributed by atoms with van der Waals surface area (Å²) in [5.74, 6) is -0.0719. The summed E-state index contributed by atoms with van der Waals surface area (Å²) in [7, 11) is 3.90. The third-order valence-corrected chi connectivity index (χ3v) is 2.73. The number of hydrogen-bond acceptors (Lipinski definition) is 4. The van der Waals surface area contributed by atoms with Crippen LogP contribution in [0.3, 0.4) is 0 Å². The maximum absolute atomic E-state index is 12.2. The summed E-state index contributed by atoms with van der Waals surface area (Å²) < 4.78 is 5.34. The van der Waals surface area contributed by atoms with Crippen molar-refractivity contribution >= 4 is 18.4 Å². The van der Waals surface area contributed by atoms with Gasteiger partial charge in [-0.3, -0.25) is 0 Å². The molecule has 4 nitrogen and oxygen atoms in total. The fraction of sp³-hybridized carbons (Fsp3) is 0.562. The predicted molar refractivity (Wildman–Crippen MR) is 93.3 cm³/mol. The normalized spacial score (nSPS) is 9.43. The second-order valence-electron chi connectivity index (χ2n) is 5.10. The molecule has 0 aliphatic carbocycles. The maximum Gasteiger partial charge on any atom is 0.334 e. The number of ether oxygens (including phenoxy) is 1. The van der Waals surface area contributed by atoms with Gasteiger partial charge in [-0.05, 0) is 32.9 Å². The topological polar surface area (TPSA) is 64.5 Å². The Morgan fingerprint density at radius 3 is 2.00 bits per heavy atom. The number of rotatable bonds is 9. The Balaban J connectivity index is -0.00000162. The molecule has 0 fully saturated rings. The first-order chi connectivity index (χ1) is 8.93. The molecule has 0 atom stereocenters. The van der Waals surface area contributed by atoms with Crippen LogP contribution >= 0.6 is 12.4 Å². The van der Waals surface area contributed by atoms with Crippen LogP contribution in [0.1, 0.15) is 26.7 Å². The largest absolute Gasteiger partial charge is 0.461 e. The second-order valence-corrected chi connectivity index (χ2v) is 5.10. The Hall–Kier alpha value is -1.10. The number of allylic oxidation sites excluding steroid dienone is 3. The first kappa shape index (κ1) is 24.9. The van der Waals surface area contributed by atoms with E-state index in [-0.39, 0.29) is 30.4 Å². The van der Waals surface area contributed by atoms with Crippen LogP contribution in [-0.4, -0.2) is 38.1 Å². The van der Waals surface area contributed by atoms with Crippen molar-refractivity contribution in [2.24, 2.45) is 5.92 Å². The molecule has 0 amide bonds. The van der Waals surface area contributed by atoms with Crippen molar-refractivity contribution in [2.45, 2.75) is 26.7 Å². The zero-order valence-corrected chi connectivity index (χ0v) is 14.7. The van der Waals surface area contributed by atoms with Crippen LogP contribution in [0.25, 0.3) is 0 Å². The molecule has 5 heteroatoms. The van der Waals surface area contributed by atoms with Gasteiger partial charge in [-0.25, -0.2) is 4.79 Å². The summed E-state index contributed by atoms with van der Waals surface area (Å²) in [6, 6.07) is 0. The number of nitrogens with zero attached hydrogens (tertiary/aromatic N) is 1. The van der Waals surface area contributed by atoms with Crippen LogP contribution in [0, 0.1) is 5.92 Å². The lowest BCUT2D eigenvalue weighted by Crippen LogP contribution is -2.22. The van der Waals surface area contributed by atoms with Gasteiger partial charge in [0.15, 0.2) is 0 Å². The summed E-state index contributed by atoms with van der Waals surface area (Å²) >= 11 is 0. The van der Waals surface area contributed by atoms with Crippen LogP contribution in [0.15, 0.2) is 36.5 Å². The third kappa shape index (κ3) is 10.3. The Kier molecular flexibility index (Phi) is 16.4. The summed E-state index contributed by atoms with van der Waals surface area (Å²) in [6.07, 6.45) is 5.02. The lowest BCUT2D eigenvalue weighted by Gasteiger charge is -2.17. The minimum Gasteiger partial charge on any atom is -0.461 e. The van der Waals surface area contributed by atoms with Crippen molar-refractivity contribution in [1.82, 2.24) is 11.1 Å². The monoisotopic (exact) mass is 318 g/mol. The van der Waals surface area contributed by atoms with Gasteiger partial charge in [-0.2, -0.15) is 0 Å². The van der Waals surface area contributed by atoms with Crippen molar-refractivity contribution in [3.8, 4) is 0 Å². The lowest BCUT2D eigenvalue weighted by molar-refractivity contribution is -0.139. The molecule has 0 radical (unpaired) electrons. The molecule has 3 N–H and O–H groups in total. The Bertz CT molecular complexity index is 338. The number of likely N-dealkylation sites (N-methyl/N-ethyl adjacent to an activating group) is 1. The van der Waals surface area contributed by atoms with Crippen LogP contribution < -0.4 is 6.15 Å². The zero-order valence-electron chi connectivity index (χ0n) is 13.9. The van der Waals surface area contributed by atoms with Gasteiger partial charge in [0.2, 0.25) is 0 Å². The molecule has 21 heavy (non-hydrogen) atoms. The number of halogens is 1. The van der Waals surface area contributed by atoms with E-state index in [9.17, 15) is 4.79 Å². The molecule has 0 rings (SSSR count). The van der Waals surface area contributed by atoms with Crippen molar-refractivity contribution in [3.05, 3.63) is 36.5 Å². The van der Waals surface area contributed by atoms with Crippen molar-refractivity contribution in [1.29, 1.82) is 0 Å². The Labute approximate surface area is 135 Å². The highest BCUT2D eigenvalue weighted by molar-refractivity contribution is 5.90. The van der Waals surface area contributed by atoms with Crippen molar-refractivity contribution in [2.75, 3.05) is 27.2 Å². The molecule has 0 aromatic heterocycles. The van der Waals surface area contributed by atoms with E-state index in [1.165, 1.54) is 0 Å². The summed E-state index contributed by atoms with van der Waals surface area (Å²) in [6.45, 7) is 12.6. The van der Waals surface area contributed by atoms with E-state index in [4.69, 9.17) is 4.74 Å². The highest BCUT2D eigenvalue weighted by Crippen LogP contribution is 2.22. The average molecular weight is 319 g/mol. The molecule has 0 aromatic carbocycles. The van der Waals surface area contributed by atoms with E-state index in [1.54, 1.807) is 0 Å².